The van der Waals surface area contributed by atoms with Gasteiger partial charge in [0, 0.05) is 37.9 Å². The van der Waals surface area contributed by atoms with Crippen LogP contribution in [0.1, 0.15) is 38.5 Å². The average molecular weight is 449 g/mol. The van der Waals surface area contributed by atoms with Crippen molar-refractivity contribution in [3.05, 3.63) is 41.0 Å². The summed E-state index contributed by atoms with van der Waals surface area (Å²) in [6.07, 6.45) is 8.57. The molecule has 3 aromatic rings. The van der Waals surface area contributed by atoms with Crippen LogP contribution in [0, 0.1) is 5.41 Å². The summed E-state index contributed by atoms with van der Waals surface area (Å²) in [6.45, 7) is 3.54. The van der Waals surface area contributed by atoms with E-state index in [1.807, 2.05) is 6.07 Å². The summed E-state index contributed by atoms with van der Waals surface area (Å²) < 4.78 is 6.58. The third-order valence-electron chi connectivity index (χ3n) is 7.47. The van der Waals surface area contributed by atoms with Crippen LogP contribution in [0.25, 0.3) is 11.1 Å². The van der Waals surface area contributed by atoms with Crippen molar-refractivity contribution in [2.24, 2.45) is 5.41 Å². The minimum absolute atomic E-state index is 0.136. The summed E-state index contributed by atoms with van der Waals surface area (Å²) in [7, 11) is 0. The van der Waals surface area contributed by atoms with Crippen LogP contribution in [-0.2, 0) is 11.3 Å². The van der Waals surface area contributed by atoms with Crippen LogP contribution in [-0.4, -0.2) is 46.9 Å². The van der Waals surface area contributed by atoms with Crippen molar-refractivity contribution >= 4 is 34.2 Å². The van der Waals surface area contributed by atoms with E-state index < -0.39 is 0 Å². The first-order chi connectivity index (χ1) is 16.1. The van der Waals surface area contributed by atoms with E-state index in [1.165, 1.54) is 36.8 Å². The molecule has 6 rings (SSSR count). The Morgan fingerprint density at radius 3 is 2.67 bits per heavy atom. The Morgan fingerprint density at radius 1 is 1.06 bits per heavy atom. The zero-order valence-corrected chi connectivity index (χ0v) is 18.6. The molecule has 1 spiro atoms. The van der Waals surface area contributed by atoms with Gasteiger partial charge in [0.25, 0.3) is 5.56 Å². The van der Waals surface area contributed by atoms with Gasteiger partial charge in [-0.15, -0.1) is 0 Å². The van der Waals surface area contributed by atoms with Crippen molar-refractivity contribution in [2.45, 2.75) is 45.1 Å². The van der Waals surface area contributed by atoms with Crippen LogP contribution in [0.3, 0.4) is 0 Å². The maximum Gasteiger partial charge on any atom is 0.290 e. The Hall–Kier alpha value is -3.36. The van der Waals surface area contributed by atoms with Crippen molar-refractivity contribution in [3.63, 3.8) is 0 Å². The number of aromatic nitrogens is 3. The van der Waals surface area contributed by atoms with Gasteiger partial charge in [-0.05, 0) is 55.7 Å². The van der Waals surface area contributed by atoms with Crippen LogP contribution in [0.15, 0.2) is 39.9 Å². The molecule has 1 aliphatic carbocycles. The monoisotopic (exact) mass is 448 g/mol. The first-order valence-corrected chi connectivity index (χ1v) is 11.8. The van der Waals surface area contributed by atoms with Gasteiger partial charge in [0.15, 0.2) is 17.8 Å². The van der Waals surface area contributed by atoms with E-state index in [1.54, 1.807) is 18.2 Å². The SMILES string of the molecule is O=C(Cn1nc(N2CCC3(CCC3)C2)cc(N2CCCC2)c1=O)Nc1ccc2ocnc2c1. The Bertz CT molecular complexity index is 1250. The smallest absolute Gasteiger partial charge is 0.290 e. The maximum atomic E-state index is 13.3. The van der Waals surface area contributed by atoms with Crippen LogP contribution in [0.5, 0.6) is 0 Å². The van der Waals surface area contributed by atoms with E-state index in [4.69, 9.17) is 4.42 Å². The van der Waals surface area contributed by atoms with Gasteiger partial charge >= 0.3 is 0 Å². The van der Waals surface area contributed by atoms with Gasteiger partial charge < -0.3 is 19.5 Å². The average Bonchev–Trinajstić information content (AvgIpc) is 3.54. The molecule has 2 aromatic heterocycles. The quantitative estimate of drug-likeness (QED) is 0.641. The lowest BCUT2D eigenvalue weighted by molar-refractivity contribution is -0.117. The van der Waals surface area contributed by atoms with Gasteiger partial charge in [0.2, 0.25) is 5.91 Å². The molecule has 3 aliphatic rings. The fourth-order valence-electron chi connectivity index (χ4n) is 5.45. The highest BCUT2D eigenvalue weighted by atomic mass is 16.3. The summed E-state index contributed by atoms with van der Waals surface area (Å²) >= 11 is 0. The molecule has 172 valence electrons. The number of amides is 1. The second-order valence-corrected chi connectivity index (χ2v) is 9.65. The molecule has 2 aliphatic heterocycles. The largest absolute Gasteiger partial charge is 0.443 e. The Kier molecular flexibility index (Phi) is 4.85. The molecule has 0 bridgehead atoms. The third kappa shape index (κ3) is 3.75. The van der Waals surface area contributed by atoms with Crippen molar-refractivity contribution < 1.29 is 9.21 Å². The molecule has 0 unspecified atom stereocenters. The van der Waals surface area contributed by atoms with Crippen LogP contribution in [0.4, 0.5) is 17.2 Å². The van der Waals surface area contributed by atoms with Gasteiger partial charge in [-0.2, -0.15) is 5.10 Å². The first kappa shape index (κ1) is 20.3. The summed E-state index contributed by atoms with van der Waals surface area (Å²) in [6, 6.07) is 7.22. The number of hydrogen-bond donors (Lipinski definition) is 1. The lowest BCUT2D eigenvalue weighted by Crippen LogP contribution is -2.37. The summed E-state index contributed by atoms with van der Waals surface area (Å²) in [5.41, 5.74) is 2.80. The molecule has 33 heavy (non-hydrogen) atoms. The number of carbonyl (C=O) groups excluding carboxylic acids is 1. The zero-order chi connectivity index (χ0) is 22.4. The predicted molar refractivity (Wildman–Crippen MR) is 126 cm³/mol. The van der Waals surface area contributed by atoms with Gasteiger partial charge in [0.1, 0.15) is 17.7 Å². The van der Waals surface area contributed by atoms with E-state index in [9.17, 15) is 9.59 Å². The van der Waals surface area contributed by atoms with E-state index in [-0.39, 0.29) is 18.0 Å². The number of nitrogens with one attached hydrogen (secondary N) is 1. The maximum absolute atomic E-state index is 13.3. The highest BCUT2D eigenvalue weighted by molar-refractivity contribution is 5.92. The number of carbonyl (C=O) groups is 1. The fraction of sp³-hybridized carbons (Fsp3) is 0.500. The Balaban J connectivity index is 1.27. The van der Waals surface area contributed by atoms with Gasteiger partial charge in [0.05, 0.1) is 0 Å². The number of hydrogen-bond acceptors (Lipinski definition) is 7. The van der Waals surface area contributed by atoms with Gasteiger partial charge in [-0.25, -0.2) is 9.67 Å². The van der Waals surface area contributed by atoms with Crippen molar-refractivity contribution in [1.82, 2.24) is 14.8 Å². The third-order valence-corrected chi connectivity index (χ3v) is 7.47. The molecule has 3 fully saturated rings. The second-order valence-electron chi connectivity index (χ2n) is 9.65. The summed E-state index contributed by atoms with van der Waals surface area (Å²) in [5, 5.41) is 7.51. The Morgan fingerprint density at radius 2 is 1.91 bits per heavy atom. The lowest BCUT2D eigenvalue weighted by atomic mass is 9.68. The van der Waals surface area contributed by atoms with Crippen molar-refractivity contribution in [3.8, 4) is 0 Å². The summed E-state index contributed by atoms with van der Waals surface area (Å²) in [5.74, 6) is 0.506. The zero-order valence-electron chi connectivity index (χ0n) is 18.6. The lowest BCUT2D eigenvalue weighted by Gasteiger charge is -2.38. The second kappa shape index (κ2) is 7.90. The number of nitrogens with zero attached hydrogens (tertiary/aromatic N) is 5. The van der Waals surface area contributed by atoms with Crippen LogP contribution in [0.2, 0.25) is 0 Å². The molecule has 1 amide bonds. The van der Waals surface area contributed by atoms with Crippen molar-refractivity contribution in [2.75, 3.05) is 41.3 Å². The molecular formula is C24H28N6O3. The van der Waals surface area contributed by atoms with E-state index in [2.05, 4.69) is 25.2 Å². The highest BCUT2D eigenvalue weighted by Gasteiger charge is 2.43. The standard InChI is InChI=1S/C24H28N6O3/c31-22(26-17-4-5-20-18(12-17)25-16-33-20)14-30-23(32)19(28-9-1-2-10-28)13-21(27-30)29-11-8-24(15-29)6-3-7-24/h4-5,12-13,16H,1-3,6-11,14-15H2,(H,26,31). The molecule has 2 saturated heterocycles. The minimum Gasteiger partial charge on any atom is -0.443 e. The van der Waals surface area contributed by atoms with E-state index in [0.717, 1.165) is 44.8 Å². The number of anilines is 3. The minimum atomic E-state index is -0.297. The molecule has 9 heteroatoms. The Labute approximate surface area is 191 Å². The topological polar surface area (TPSA) is 96.5 Å². The molecule has 4 heterocycles. The number of rotatable bonds is 5. The summed E-state index contributed by atoms with van der Waals surface area (Å²) in [4.78, 5) is 34.7. The normalized spacial score (nSPS) is 19.4. The number of fused-ring (bicyclic) bond motifs is 1. The van der Waals surface area contributed by atoms with Crippen LogP contribution < -0.4 is 20.7 Å². The molecular weight excluding hydrogens is 420 g/mol. The van der Waals surface area contributed by atoms with Crippen molar-refractivity contribution in [1.29, 1.82) is 0 Å². The molecule has 1 aromatic carbocycles. The molecule has 9 nitrogen and oxygen atoms in total. The van der Waals surface area contributed by atoms with Crippen LogP contribution >= 0.6 is 0 Å². The van der Waals surface area contributed by atoms with E-state index >= 15 is 0 Å². The fourth-order valence-corrected chi connectivity index (χ4v) is 5.45. The van der Waals surface area contributed by atoms with E-state index in [0.29, 0.717) is 27.9 Å². The molecule has 1 saturated carbocycles. The molecule has 1 N–H and O–H groups in total. The first-order valence-electron chi connectivity index (χ1n) is 11.8. The van der Waals surface area contributed by atoms with Gasteiger partial charge in [-0.3, -0.25) is 9.59 Å². The predicted octanol–water partition coefficient (Wildman–Crippen LogP) is 3.00. The number of benzene rings is 1. The molecule has 0 atom stereocenters. The van der Waals surface area contributed by atoms with Gasteiger partial charge in [-0.1, -0.05) is 6.42 Å². The molecule has 0 radical (unpaired) electrons. The number of oxazole rings is 1. The highest BCUT2D eigenvalue weighted by Crippen LogP contribution is 2.48.